The largest absolute Gasteiger partial charge is 0.474 e. The molecule has 3 aliphatic rings. The lowest BCUT2D eigenvalue weighted by Gasteiger charge is -2.31. The van der Waals surface area contributed by atoms with Gasteiger partial charge in [0.25, 0.3) is 0 Å². The fraction of sp³-hybridized carbons (Fsp3) is 0.560. The average Bonchev–Trinajstić information content (AvgIpc) is 3.27. The molecule has 8 nitrogen and oxygen atoms in total. The van der Waals surface area contributed by atoms with E-state index in [1.54, 1.807) is 13.4 Å². The highest BCUT2D eigenvalue weighted by Crippen LogP contribution is 2.46. The Hall–Kier alpha value is -2.13. The van der Waals surface area contributed by atoms with Gasteiger partial charge < -0.3 is 18.8 Å². The number of rotatable bonds is 9. The maximum atomic E-state index is 6.69. The molecule has 1 aromatic carbocycles. The normalized spacial score (nSPS) is 19.4. The number of benzene rings is 1. The summed E-state index contributed by atoms with van der Waals surface area (Å²) in [5.74, 6) is 1.60. The van der Waals surface area contributed by atoms with Crippen molar-refractivity contribution in [2.24, 2.45) is 0 Å². The first-order valence-corrected chi connectivity index (χ1v) is 13.0. The van der Waals surface area contributed by atoms with E-state index in [1.807, 2.05) is 16.7 Å². The van der Waals surface area contributed by atoms with E-state index in [-0.39, 0.29) is 17.6 Å². The second-order valence-corrected chi connectivity index (χ2v) is 10.6. The number of ether oxygens (including phenoxy) is 3. The summed E-state index contributed by atoms with van der Waals surface area (Å²) in [4.78, 5) is 16.1. The topological polar surface area (TPSA) is 74.5 Å². The van der Waals surface area contributed by atoms with Gasteiger partial charge in [-0.25, -0.2) is 4.98 Å². The Balaban J connectivity index is 1.30. The van der Waals surface area contributed by atoms with Crippen LogP contribution in [-0.4, -0.2) is 63.6 Å². The van der Waals surface area contributed by atoms with Crippen LogP contribution in [0.2, 0.25) is 10.3 Å². The van der Waals surface area contributed by atoms with Crippen LogP contribution in [0.4, 0.5) is 0 Å². The summed E-state index contributed by atoms with van der Waals surface area (Å²) in [6.45, 7) is 3.60. The number of hydrogen-bond acceptors (Lipinski definition) is 7. The maximum Gasteiger partial charge on any atom is 0.246 e. The molecule has 3 fully saturated rings. The quantitative estimate of drug-likeness (QED) is 0.290. The summed E-state index contributed by atoms with van der Waals surface area (Å²) in [6.07, 6.45) is 8.81. The molecule has 10 heteroatoms. The third-order valence-electron chi connectivity index (χ3n) is 7.55. The highest BCUT2D eigenvalue weighted by atomic mass is 35.5. The predicted octanol–water partition coefficient (Wildman–Crippen LogP) is 5.05. The molecule has 4 heterocycles. The summed E-state index contributed by atoms with van der Waals surface area (Å²) in [6, 6.07) is 3.89. The Kier molecular flexibility index (Phi) is 6.25. The van der Waals surface area contributed by atoms with Gasteiger partial charge in [-0.05, 0) is 92.4 Å². The molecule has 0 radical (unpaired) electrons. The molecule has 35 heavy (non-hydrogen) atoms. The molecule has 0 N–H and O–H groups in total. The number of imidazole rings is 1. The molecule has 0 bridgehead atoms. The zero-order chi connectivity index (χ0) is 24.0. The van der Waals surface area contributed by atoms with Gasteiger partial charge in [0, 0.05) is 12.1 Å². The van der Waals surface area contributed by atoms with Crippen molar-refractivity contribution in [1.29, 1.82) is 0 Å². The van der Waals surface area contributed by atoms with Gasteiger partial charge in [0.1, 0.15) is 12.4 Å². The molecule has 1 aliphatic carbocycles. The molecule has 0 atom stereocenters. The van der Waals surface area contributed by atoms with E-state index in [0.717, 1.165) is 49.9 Å². The van der Waals surface area contributed by atoms with Crippen molar-refractivity contribution in [3.8, 4) is 11.6 Å². The zero-order valence-corrected chi connectivity index (χ0v) is 21.3. The van der Waals surface area contributed by atoms with E-state index in [0.29, 0.717) is 46.9 Å². The summed E-state index contributed by atoms with van der Waals surface area (Å²) in [7, 11) is 1.60. The van der Waals surface area contributed by atoms with Gasteiger partial charge in [-0.2, -0.15) is 9.97 Å². The van der Waals surface area contributed by atoms with Gasteiger partial charge in [-0.3, -0.25) is 4.90 Å². The fourth-order valence-electron chi connectivity index (χ4n) is 5.77. The van der Waals surface area contributed by atoms with Crippen LogP contribution >= 0.6 is 23.2 Å². The van der Waals surface area contributed by atoms with Crippen molar-refractivity contribution in [3.63, 3.8) is 0 Å². The van der Waals surface area contributed by atoms with Crippen molar-refractivity contribution in [3.05, 3.63) is 39.9 Å². The molecule has 1 saturated carbocycles. The second kappa shape index (κ2) is 9.39. The van der Waals surface area contributed by atoms with Crippen LogP contribution in [0.15, 0.2) is 18.5 Å². The van der Waals surface area contributed by atoms with Crippen LogP contribution in [0.25, 0.3) is 11.2 Å². The smallest absolute Gasteiger partial charge is 0.246 e. The number of halogens is 2. The summed E-state index contributed by atoms with van der Waals surface area (Å²) >= 11 is 13.0. The minimum atomic E-state index is 0.116. The predicted molar refractivity (Wildman–Crippen MR) is 134 cm³/mol. The minimum absolute atomic E-state index is 0.116. The van der Waals surface area contributed by atoms with Crippen LogP contribution in [0.1, 0.15) is 55.6 Å². The first-order valence-electron chi connectivity index (χ1n) is 12.3. The molecular formula is C25H29Cl2N5O3. The van der Waals surface area contributed by atoms with E-state index in [1.165, 1.54) is 12.8 Å². The molecule has 0 spiro atoms. The Labute approximate surface area is 214 Å². The van der Waals surface area contributed by atoms with Crippen LogP contribution in [0.3, 0.4) is 0 Å². The van der Waals surface area contributed by atoms with Crippen molar-refractivity contribution in [2.75, 3.05) is 33.6 Å². The van der Waals surface area contributed by atoms with Crippen molar-refractivity contribution >= 4 is 34.4 Å². The van der Waals surface area contributed by atoms with Crippen LogP contribution < -0.4 is 9.47 Å². The van der Waals surface area contributed by atoms with E-state index in [4.69, 9.17) is 37.4 Å². The van der Waals surface area contributed by atoms with E-state index < -0.39 is 0 Å². The molecule has 186 valence electrons. The molecule has 2 saturated heterocycles. The fourth-order valence-corrected chi connectivity index (χ4v) is 6.31. The Bertz CT molecular complexity index is 1240. The number of methoxy groups -OCH3 is 1. The summed E-state index contributed by atoms with van der Waals surface area (Å²) in [5.41, 5.74) is 3.63. The van der Waals surface area contributed by atoms with E-state index >= 15 is 0 Å². The highest BCUT2D eigenvalue weighted by molar-refractivity contribution is 6.31. The van der Waals surface area contributed by atoms with Crippen molar-refractivity contribution in [2.45, 2.75) is 56.5 Å². The average molecular weight is 518 g/mol. The summed E-state index contributed by atoms with van der Waals surface area (Å²) in [5, 5.41) is 0.869. The van der Waals surface area contributed by atoms with Crippen LogP contribution in [0.5, 0.6) is 11.6 Å². The first kappa shape index (κ1) is 23.3. The SMILES string of the molecule is COCOc1cc(Cl)c(C2CC2)c(Cn2cnc3c(OCC45CCCN4CCC5)nc(Cl)nc32)c1. The van der Waals surface area contributed by atoms with Crippen molar-refractivity contribution < 1.29 is 14.2 Å². The lowest BCUT2D eigenvalue weighted by atomic mass is 9.95. The van der Waals surface area contributed by atoms with Gasteiger partial charge in [-0.15, -0.1) is 0 Å². The minimum Gasteiger partial charge on any atom is -0.474 e. The van der Waals surface area contributed by atoms with E-state index in [9.17, 15) is 0 Å². The Morgan fingerprint density at radius 2 is 1.89 bits per heavy atom. The number of fused-ring (bicyclic) bond motifs is 2. The summed E-state index contributed by atoms with van der Waals surface area (Å²) < 4.78 is 19.0. The Morgan fingerprint density at radius 1 is 1.09 bits per heavy atom. The molecule has 2 aromatic heterocycles. The number of aromatic nitrogens is 4. The monoisotopic (exact) mass is 517 g/mol. The van der Waals surface area contributed by atoms with Gasteiger partial charge in [-0.1, -0.05) is 11.6 Å². The van der Waals surface area contributed by atoms with Crippen LogP contribution in [0, 0.1) is 0 Å². The third kappa shape index (κ3) is 4.46. The third-order valence-corrected chi connectivity index (χ3v) is 8.03. The van der Waals surface area contributed by atoms with E-state index in [2.05, 4.69) is 19.9 Å². The molecule has 3 aromatic rings. The van der Waals surface area contributed by atoms with Crippen molar-refractivity contribution in [1.82, 2.24) is 24.4 Å². The van der Waals surface area contributed by atoms with Gasteiger partial charge in [0.15, 0.2) is 18.0 Å². The molecule has 6 rings (SSSR count). The molecule has 0 unspecified atom stereocenters. The van der Waals surface area contributed by atoms with Gasteiger partial charge in [0.2, 0.25) is 11.2 Å². The second-order valence-electron chi connectivity index (χ2n) is 9.85. The number of nitrogens with zero attached hydrogens (tertiary/aromatic N) is 5. The Morgan fingerprint density at radius 3 is 2.63 bits per heavy atom. The lowest BCUT2D eigenvalue weighted by molar-refractivity contribution is 0.0510. The lowest BCUT2D eigenvalue weighted by Crippen LogP contribution is -2.43. The zero-order valence-electron chi connectivity index (χ0n) is 19.8. The van der Waals surface area contributed by atoms with Crippen LogP contribution in [-0.2, 0) is 11.3 Å². The molecule has 2 aliphatic heterocycles. The maximum absolute atomic E-state index is 6.69. The highest BCUT2D eigenvalue weighted by Gasteiger charge is 2.45. The van der Waals surface area contributed by atoms with Gasteiger partial charge in [0.05, 0.1) is 18.4 Å². The molecular weight excluding hydrogens is 489 g/mol. The standard InChI is InChI=1S/C25H29Cl2N5O3/c1-33-15-35-18-10-17(20(16-4-5-16)19(26)11-18)12-31-14-28-21-22(31)29-24(27)30-23(21)34-13-25-6-2-8-32(25)9-3-7-25/h10-11,14,16H,2-9,12-13,15H2,1H3. The molecule has 0 amide bonds. The van der Waals surface area contributed by atoms with Gasteiger partial charge >= 0.3 is 0 Å². The number of hydrogen-bond donors (Lipinski definition) is 0. The first-order chi connectivity index (χ1) is 17.1.